The van der Waals surface area contributed by atoms with Crippen molar-refractivity contribution in [3.05, 3.63) is 18.2 Å². The van der Waals surface area contributed by atoms with Crippen LogP contribution in [0, 0.1) is 0 Å². The highest BCUT2D eigenvalue weighted by Gasteiger charge is 1.98. The van der Waals surface area contributed by atoms with Crippen LogP contribution >= 0.6 is 12.2 Å². The second-order valence-electron chi connectivity index (χ2n) is 2.26. The maximum Gasteiger partial charge on any atom is 0.168 e. The Morgan fingerprint density at radius 3 is 2.67 bits per heavy atom. The Kier molecular flexibility index (Phi) is 2.35. The molecule has 0 unspecified atom stereocenters. The Balaban J connectivity index is 2.89. The fraction of sp³-hybridized carbons (Fsp3) is 0. The van der Waals surface area contributed by atoms with Gasteiger partial charge in [-0.1, -0.05) is 0 Å². The van der Waals surface area contributed by atoms with Gasteiger partial charge in [0, 0.05) is 11.8 Å². The van der Waals surface area contributed by atoms with Gasteiger partial charge < -0.3 is 21.9 Å². The first kappa shape index (κ1) is 8.61. The van der Waals surface area contributed by atoms with Crippen molar-refractivity contribution < 1.29 is 5.11 Å². The fourth-order valence-electron chi connectivity index (χ4n) is 0.764. The van der Waals surface area contributed by atoms with E-state index in [1.165, 1.54) is 6.07 Å². The summed E-state index contributed by atoms with van der Waals surface area (Å²) < 4.78 is 0. The molecule has 0 aromatic heterocycles. The predicted octanol–water partition coefficient (Wildman–Crippen LogP) is 0.630. The summed E-state index contributed by atoms with van der Waals surface area (Å²) >= 11 is 4.61. The van der Waals surface area contributed by atoms with E-state index in [-0.39, 0.29) is 10.9 Å². The van der Waals surface area contributed by atoms with Crippen molar-refractivity contribution in [1.29, 1.82) is 0 Å². The summed E-state index contributed by atoms with van der Waals surface area (Å²) in [6.07, 6.45) is 0. The van der Waals surface area contributed by atoms with E-state index in [4.69, 9.17) is 16.6 Å². The van der Waals surface area contributed by atoms with Crippen LogP contribution in [0.15, 0.2) is 18.2 Å². The van der Waals surface area contributed by atoms with Crippen molar-refractivity contribution >= 4 is 28.7 Å². The number of nitrogens with one attached hydrogen (secondary N) is 1. The third kappa shape index (κ3) is 2.00. The highest BCUT2D eigenvalue weighted by molar-refractivity contribution is 7.80. The summed E-state index contributed by atoms with van der Waals surface area (Å²) in [7, 11) is 0. The molecule has 0 spiro atoms. The van der Waals surface area contributed by atoms with Crippen molar-refractivity contribution in [2.75, 3.05) is 11.1 Å². The number of hydrogen-bond acceptors (Lipinski definition) is 3. The van der Waals surface area contributed by atoms with Gasteiger partial charge in [-0.05, 0) is 24.4 Å². The predicted molar refractivity (Wildman–Crippen MR) is 52.9 cm³/mol. The Morgan fingerprint density at radius 1 is 1.50 bits per heavy atom. The fourth-order valence-corrected chi connectivity index (χ4v) is 0.882. The molecule has 0 amide bonds. The quantitative estimate of drug-likeness (QED) is 0.291. The summed E-state index contributed by atoms with van der Waals surface area (Å²) in [6.45, 7) is 0. The molecule has 0 aliphatic rings. The molecule has 0 atom stereocenters. The molecule has 1 aromatic carbocycles. The number of rotatable bonds is 1. The summed E-state index contributed by atoms with van der Waals surface area (Å²) in [5.74, 6) is 0.0104. The average Bonchev–Trinajstić information content (AvgIpc) is 1.96. The van der Waals surface area contributed by atoms with Crippen LogP contribution in [0.1, 0.15) is 0 Å². The SMILES string of the molecule is NC(=S)Nc1ccc(N)c(O)c1. The number of phenols is 1. The number of aromatic hydroxyl groups is 1. The highest BCUT2D eigenvalue weighted by atomic mass is 32.1. The van der Waals surface area contributed by atoms with Gasteiger partial charge in [-0.25, -0.2) is 0 Å². The molecule has 64 valence electrons. The molecular formula is C7H9N3OS. The number of phenolic OH excluding ortho intramolecular Hbond substituents is 1. The lowest BCUT2D eigenvalue weighted by atomic mass is 10.2. The molecule has 0 heterocycles. The van der Waals surface area contributed by atoms with Crippen LogP contribution in [0.3, 0.4) is 0 Å². The largest absolute Gasteiger partial charge is 0.506 e. The van der Waals surface area contributed by atoms with Crippen LogP contribution in [0.4, 0.5) is 11.4 Å². The van der Waals surface area contributed by atoms with E-state index in [0.29, 0.717) is 11.4 Å². The minimum Gasteiger partial charge on any atom is -0.506 e. The van der Waals surface area contributed by atoms with E-state index in [1.807, 2.05) is 0 Å². The third-order valence-electron chi connectivity index (χ3n) is 1.30. The molecule has 0 fully saturated rings. The molecule has 0 bridgehead atoms. The number of benzene rings is 1. The van der Waals surface area contributed by atoms with E-state index >= 15 is 0 Å². The smallest absolute Gasteiger partial charge is 0.168 e. The molecule has 0 aliphatic heterocycles. The highest BCUT2D eigenvalue weighted by Crippen LogP contribution is 2.23. The molecule has 5 heteroatoms. The van der Waals surface area contributed by atoms with Crippen molar-refractivity contribution in [3.8, 4) is 5.75 Å². The summed E-state index contributed by atoms with van der Waals surface area (Å²) in [4.78, 5) is 0. The summed E-state index contributed by atoms with van der Waals surface area (Å²) in [5, 5.41) is 12.0. The van der Waals surface area contributed by atoms with Gasteiger partial charge in [-0.15, -0.1) is 0 Å². The zero-order valence-electron chi connectivity index (χ0n) is 6.24. The number of nitrogens with two attached hydrogens (primary N) is 2. The zero-order chi connectivity index (χ0) is 9.14. The van der Waals surface area contributed by atoms with E-state index in [9.17, 15) is 0 Å². The Labute approximate surface area is 75.2 Å². The molecule has 12 heavy (non-hydrogen) atoms. The van der Waals surface area contributed by atoms with E-state index in [2.05, 4.69) is 17.5 Å². The van der Waals surface area contributed by atoms with Gasteiger partial charge in [0.2, 0.25) is 0 Å². The zero-order valence-corrected chi connectivity index (χ0v) is 7.06. The molecule has 0 saturated carbocycles. The Morgan fingerprint density at radius 2 is 2.17 bits per heavy atom. The minimum atomic E-state index is 0.0104. The molecule has 6 N–H and O–H groups in total. The van der Waals surface area contributed by atoms with Crippen molar-refractivity contribution in [3.63, 3.8) is 0 Å². The second kappa shape index (κ2) is 3.27. The lowest BCUT2D eigenvalue weighted by molar-refractivity contribution is 0.478. The number of nitrogen functional groups attached to an aromatic ring is 1. The summed E-state index contributed by atoms with van der Waals surface area (Å²) in [6, 6.07) is 4.69. The molecule has 1 aromatic rings. The van der Waals surface area contributed by atoms with E-state index in [1.54, 1.807) is 12.1 Å². The first-order valence-corrected chi connectivity index (χ1v) is 3.65. The van der Waals surface area contributed by atoms with E-state index in [0.717, 1.165) is 0 Å². The van der Waals surface area contributed by atoms with Crippen LogP contribution in [0.5, 0.6) is 5.75 Å². The van der Waals surface area contributed by atoms with Crippen molar-refractivity contribution in [2.45, 2.75) is 0 Å². The van der Waals surface area contributed by atoms with Crippen molar-refractivity contribution in [1.82, 2.24) is 0 Å². The van der Waals surface area contributed by atoms with Gasteiger partial charge in [-0.2, -0.15) is 0 Å². The average molecular weight is 183 g/mol. The third-order valence-corrected chi connectivity index (χ3v) is 1.40. The van der Waals surface area contributed by atoms with Crippen LogP contribution in [-0.4, -0.2) is 10.2 Å². The maximum absolute atomic E-state index is 9.16. The minimum absolute atomic E-state index is 0.0104. The first-order valence-electron chi connectivity index (χ1n) is 3.24. The standard InChI is InChI=1S/C7H9N3OS/c8-5-2-1-4(3-6(5)11)10-7(9)12/h1-3,11H,8H2,(H3,9,10,12). The lowest BCUT2D eigenvalue weighted by Crippen LogP contribution is -2.18. The van der Waals surface area contributed by atoms with Gasteiger partial charge in [-0.3, -0.25) is 0 Å². The molecule has 1 rings (SSSR count). The number of anilines is 2. The number of hydrogen-bond donors (Lipinski definition) is 4. The number of thiocarbonyl (C=S) groups is 1. The van der Waals surface area contributed by atoms with Crippen LogP contribution < -0.4 is 16.8 Å². The van der Waals surface area contributed by atoms with Gasteiger partial charge >= 0.3 is 0 Å². The first-order chi connectivity index (χ1) is 5.59. The molecular weight excluding hydrogens is 174 g/mol. The van der Waals surface area contributed by atoms with Crippen LogP contribution in [-0.2, 0) is 0 Å². The van der Waals surface area contributed by atoms with Crippen LogP contribution in [0.25, 0.3) is 0 Å². The van der Waals surface area contributed by atoms with Crippen molar-refractivity contribution in [2.24, 2.45) is 5.73 Å². The second-order valence-corrected chi connectivity index (χ2v) is 2.70. The molecule has 0 aliphatic carbocycles. The molecule has 4 nitrogen and oxygen atoms in total. The van der Waals surface area contributed by atoms with Gasteiger partial charge in [0.25, 0.3) is 0 Å². The van der Waals surface area contributed by atoms with Crippen LogP contribution in [0.2, 0.25) is 0 Å². The topological polar surface area (TPSA) is 84.3 Å². The summed E-state index contributed by atoms with van der Waals surface area (Å²) in [5.41, 5.74) is 11.5. The maximum atomic E-state index is 9.16. The van der Waals surface area contributed by atoms with Gasteiger partial charge in [0.05, 0.1) is 5.69 Å². The van der Waals surface area contributed by atoms with E-state index < -0.39 is 0 Å². The van der Waals surface area contributed by atoms with Gasteiger partial charge in [0.15, 0.2) is 5.11 Å². The monoisotopic (exact) mass is 183 g/mol. The molecule has 0 radical (unpaired) electrons. The lowest BCUT2D eigenvalue weighted by Gasteiger charge is -2.04. The Hall–Kier alpha value is -1.49. The normalized spacial score (nSPS) is 9.33. The Bertz CT molecular complexity index is 314. The van der Waals surface area contributed by atoms with Gasteiger partial charge in [0.1, 0.15) is 5.75 Å². The molecule has 0 saturated heterocycles.